The molecule has 1 fully saturated rings. The van der Waals surface area contributed by atoms with E-state index in [2.05, 4.69) is 31.3 Å². The van der Waals surface area contributed by atoms with Crippen LogP contribution in [0.25, 0.3) is 0 Å². The zero-order valence-electron chi connectivity index (χ0n) is 11.2. The quantitative estimate of drug-likeness (QED) is 0.887. The van der Waals surface area contributed by atoms with Gasteiger partial charge in [-0.2, -0.15) is 0 Å². The summed E-state index contributed by atoms with van der Waals surface area (Å²) in [4.78, 5) is 0. The van der Waals surface area contributed by atoms with Crippen LogP contribution in [-0.2, 0) is 0 Å². The highest BCUT2D eigenvalue weighted by Gasteiger charge is 2.36. The Morgan fingerprint density at radius 2 is 1.94 bits per heavy atom. The van der Waals surface area contributed by atoms with E-state index in [-0.39, 0.29) is 0 Å². The number of nitrogens with one attached hydrogen (secondary N) is 1. The Morgan fingerprint density at radius 3 is 2.67 bits per heavy atom. The fraction of sp³-hybridized carbons (Fsp3) is 0.600. The second kappa shape index (κ2) is 4.47. The second-order valence-corrected chi connectivity index (χ2v) is 5.82. The van der Waals surface area contributed by atoms with Crippen molar-refractivity contribution in [3.63, 3.8) is 0 Å². The molecule has 1 atom stereocenters. The van der Waals surface area contributed by atoms with E-state index in [1.807, 2.05) is 6.07 Å². The summed E-state index contributed by atoms with van der Waals surface area (Å²) < 4.78 is 11.2. The van der Waals surface area contributed by atoms with E-state index in [0.717, 1.165) is 18.0 Å². The van der Waals surface area contributed by atoms with E-state index >= 15 is 0 Å². The van der Waals surface area contributed by atoms with Crippen LogP contribution in [0.5, 0.6) is 11.5 Å². The van der Waals surface area contributed by atoms with E-state index in [1.54, 1.807) is 0 Å². The van der Waals surface area contributed by atoms with Crippen molar-refractivity contribution in [3.8, 4) is 11.5 Å². The van der Waals surface area contributed by atoms with Crippen molar-refractivity contribution in [2.24, 2.45) is 5.41 Å². The maximum absolute atomic E-state index is 5.62. The Hall–Kier alpha value is -1.22. The van der Waals surface area contributed by atoms with Gasteiger partial charge in [0.1, 0.15) is 13.2 Å². The normalized spacial score (nSPS) is 21.4. The van der Waals surface area contributed by atoms with E-state index in [1.165, 1.54) is 18.4 Å². The zero-order valence-corrected chi connectivity index (χ0v) is 11.2. The molecule has 18 heavy (non-hydrogen) atoms. The number of fused-ring (bicyclic) bond motifs is 1. The van der Waals surface area contributed by atoms with Gasteiger partial charge in [-0.05, 0) is 42.9 Å². The number of hydrogen-bond acceptors (Lipinski definition) is 3. The molecule has 0 saturated heterocycles. The molecule has 2 aliphatic rings. The first-order valence-corrected chi connectivity index (χ1v) is 6.79. The third-order valence-corrected chi connectivity index (χ3v) is 4.00. The molecule has 3 nitrogen and oxygen atoms in total. The lowest BCUT2D eigenvalue weighted by Crippen LogP contribution is -2.25. The molecular formula is C15H21NO2. The van der Waals surface area contributed by atoms with Crippen molar-refractivity contribution in [1.82, 2.24) is 5.32 Å². The van der Waals surface area contributed by atoms with Crippen molar-refractivity contribution in [1.29, 1.82) is 0 Å². The molecule has 1 aliphatic carbocycles. The van der Waals surface area contributed by atoms with Gasteiger partial charge in [-0.25, -0.2) is 0 Å². The van der Waals surface area contributed by atoms with Crippen LogP contribution in [0.3, 0.4) is 0 Å². The molecule has 0 amide bonds. The molecule has 1 unspecified atom stereocenters. The second-order valence-electron chi connectivity index (χ2n) is 5.82. The summed E-state index contributed by atoms with van der Waals surface area (Å²) in [5.41, 5.74) is 1.81. The van der Waals surface area contributed by atoms with Crippen molar-refractivity contribution >= 4 is 0 Å². The van der Waals surface area contributed by atoms with Gasteiger partial charge in [-0.3, -0.25) is 0 Å². The molecule has 0 aromatic heterocycles. The predicted molar refractivity (Wildman–Crippen MR) is 71.2 cm³/mol. The van der Waals surface area contributed by atoms with Gasteiger partial charge in [0.05, 0.1) is 0 Å². The Bertz CT molecular complexity index is 440. The van der Waals surface area contributed by atoms with Gasteiger partial charge in [0.15, 0.2) is 11.5 Å². The van der Waals surface area contributed by atoms with Crippen molar-refractivity contribution in [2.45, 2.75) is 32.7 Å². The van der Waals surface area contributed by atoms with Gasteiger partial charge in [-0.15, -0.1) is 0 Å². The van der Waals surface area contributed by atoms with E-state index in [4.69, 9.17) is 9.47 Å². The molecule has 1 saturated carbocycles. The summed E-state index contributed by atoms with van der Waals surface area (Å²) in [6, 6.07) is 6.60. The van der Waals surface area contributed by atoms with E-state index in [9.17, 15) is 0 Å². The summed E-state index contributed by atoms with van der Waals surface area (Å²) in [5, 5.41) is 3.61. The van der Waals surface area contributed by atoms with Crippen LogP contribution in [0.1, 0.15) is 38.3 Å². The average molecular weight is 247 g/mol. The minimum absolute atomic E-state index is 0.359. The standard InChI is InChI=1S/C15H21NO2/c1-11(16-10-15(2)5-6-15)12-3-4-13-14(9-12)18-8-7-17-13/h3-4,9,11,16H,5-8,10H2,1-2H3. The molecule has 98 valence electrons. The Labute approximate surface area is 108 Å². The first-order valence-electron chi connectivity index (χ1n) is 6.79. The van der Waals surface area contributed by atoms with Crippen molar-refractivity contribution in [2.75, 3.05) is 19.8 Å². The fourth-order valence-corrected chi connectivity index (χ4v) is 2.24. The molecule has 3 rings (SSSR count). The summed E-state index contributed by atoms with van der Waals surface area (Å²) >= 11 is 0. The molecule has 1 heterocycles. The van der Waals surface area contributed by atoms with Crippen LogP contribution in [0.4, 0.5) is 0 Å². The maximum atomic E-state index is 5.62. The van der Waals surface area contributed by atoms with Crippen LogP contribution in [0.2, 0.25) is 0 Å². The van der Waals surface area contributed by atoms with Gasteiger partial charge in [0, 0.05) is 12.6 Å². The van der Waals surface area contributed by atoms with Gasteiger partial charge < -0.3 is 14.8 Å². The summed E-state index contributed by atoms with van der Waals surface area (Å²) in [6.07, 6.45) is 2.71. The Kier molecular flexibility index (Phi) is 2.94. The highest BCUT2D eigenvalue weighted by Crippen LogP contribution is 2.44. The van der Waals surface area contributed by atoms with Crippen molar-refractivity contribution < 1.29 is 9.47 Å². The third-order valence-electron chi connectivity index (χ3n) is 4.00. The molecule has 0 radical (unpaired) electrons. The molecular weight excluding hydrogens is 226 g/mol. The van der Waals surface area contributed by atoms with E-state index < -0.39 is 0 Å². The summed E-state index contributed by atoms with van der Waals surface area (Å²) in [6.45, 7) is 6.95. The molecule has 0 spiro atoms. The minimum atomic E-state index is 0.359. The molecule has 3 heteroatoms. The zero-order chi connectivity index (χ0) is 12.6. The first kappa shape index (κ1) is 11.8. The summed E-state index contributed by atoms with van der Waals surface area (Å²) in [5.74, 6) is 1.75. The van der Waals surface area contributed by atoms with E-state index in [0.29, 0.717) is 24.7 Å². The smallest absolute Gasteiger partial charge is 0.161 e. The van der Waals surface area contributed by atoms with Crippen molar-refractivity contribution in [3.05, 3.63) is 23.8 Å². The molecule has 0 bridgehead atoms. The molecule has 1 aromatic rings. The molecule has 1 N–H and O–H groups in total. The SMILES string of the molecule is CC(NCC1(C)CC1)c1ccc2c(c1)OCCO2. The average Bonchev–Trinajstić information content (AvgIpc) is 3.14. The van der Waals surface area contributed by atoms with Gasteiger partial charge in [0.25, 0.3) is 0 Å². The Balaban J connectivity index is 1.67. The number of hydrogen-bond donors (Lipinski definition) is 1. The largest absolute Gasteiger partial charge is 0.486 e. The van der Waals surface area contributed by atoms with Crippen LogP contribution in [-0.4, -0.2) is 19.8 Å². The lowest BCUT2D eigenvalue weighted by atomic mass is 10.1. The Morgan fingerprint density at radius 1 is 1.22 bits per heavy atom. The number of benzene rings is 1. The first-order chi connectivity index (χ1) is 8.66. The number of ether oxygens (including phenoxy) is 2. The van der Waals surface area contributed by atoms with Crippen LogP contribution in [0, 0.1) is 5.41 Å². The summed E-state index contributed by atoms with van der Waals surface area (Å²) in [7, 11) is 0. The highest BCUT2D eigenvalue weighted by atomic mass is 16.6. The molecule has 1 aromatic carbocycles. The highest BCUT2D eigenvalue weighted by molar-refractivity contribution is 5.44. The third kappa shape index (κ3) is 2.46. The van der Waals surface area contributed by atoms with Crippen LogP contribution in [0.15, 0.2) is 18.2 Å². The minimum Gasteiger partial charge on any atom is -0.486 e. The van der Waals surface area contributed by atoms with Gasteiger partial charge in [0.2, 0.25) is 0 Å². The topological polar surface area (TPSA) is 30.5 Å². The van der Waals surface area contributed by atoms with Crippen LogP contribution >= 0.6 is 0 Å². The lowest BCUT2D eigenvalue weighted by Gasteiger charge is -2.22. The maximum Gasteiger partial charge on any atom is 0.161 e. The number of rotatable bonds is 4. The lowest BCUT2D eigenvalue weighted by molar-refractivity contribution is 0.171. The van der Waals surface area contributed by atoms with Gasteiger partial charge in [-0.1, -0.05) is 13.0 Å². The molecule has 1 aliphatic heterocycles. The van der Waals surface area contributed by atoms with Gasteiger partial charge >= 0.3 is 0 Å². The monoisotopic (exact) mass is 247 g/mol. The fourth-order valence-electron chi connectivity index (χ4n) is 2.24. The van der Waals surface area contributed by atoms with Crippen LogP contribution < -0.4 is 14.8 Å². The predicted octanol–water partition coefficient (Wildman–Crippen LogP) is 2.91.